The number of nitrogens with zero attached hydrogens (tertiary/aromatic N) is 2. The molecule has 0 saturated carbocycles. The van der Waals surface area contributed by atoms with E-state index in [-0.39, 0.29) is 11.9 Å². The van der Waals surface area contributed by atoms with Crippen LogP contribution in [0, 0.1) is 6.92 Å². The van der Waals surface area contributed by atoms with Gasteiger partial charge in [-0.15, -0.1) is 11.3 Å². The summed E-state index contributed by atoms with van der Waals surface area (Å²) in [6, 6.07) is 8.40. The Balaban J connectivity index is 1.65. The molecule has 1 saturated heterocycles. The van der Waals surface area contributed by atoms with Gasteiger partial charge in [-0.05, 0) is 13.3 Å². The summed E-state index contributed by atoms with van der Waals surface area (Å²) < 4.78 is 10.7. The van der Waals surface area contributed by atoms with Gasteiger partial charge in [-0.25, -0.2) is 4.98 Å². The Morgan fingerprint density at radius 1 is 1.40 bits per heavy atom. The maximum absolute atomic E-state index is 12.7. The molecule has 2 aromatic rings. The molecule has 134 valence electrons. The van der Waals surface area contributed by atoms with Crippen LogP contribution in [-0.2, 0) is 20.7 Å². The number of hydrogen-bond donors (Lipinski definition) is 0. The highest BCUT2D eigenvalue weighted by Gasteiger charge is 2.27. The van der Waals surface area contributed by atoms with Gasteiger partial charge in [-0.1, -0.05) is 29.8 Å². The van der Waals surface area contributed by atoms with E-state index in [9.17, 15) is 4.79 Å². The van der Waals surface area contributed by atoms with Crippen LogP contribution in [-0.4, -0.2) is 55.3 Å². The lowest BCUT2D eigenvalue weighted by Gasteiger charge is -2.35. The predicted octanol–water partition coefficient (Wildman–Crippen LogP) is 2.92. The van der Waals surface area contributed by atoms with E-state index in [4.69, 9.17) is 9.47 Å². The van der Waals surface area contributed by atoms with E-state index in [1.165, 1.54) is 5.56 Å². The second-order valence-corrected chi connectivity index (χ2v) is 7.14. The number of benzene rings is 1. The largest absolute Gasteiger partial charge is 0.385 e. The van der Waals surface area contributed by atoms with Crippen LogP contribution in [0.5, 0.6) is 0 Å². The molecule has 0 spiro atoms. The van der Waals surface area contributed by atoms with Crippen molar-refractivity contribution in [2.45, 2.75) is 25.8 Å². The molecule has 6 heteroatoms. The molecule has 3 rings (SSSR count). The summed E-state index contributed by atoms with van der Waals surface area (Å²) in [5.41, 5.74) is 3.16. The van der Waals surface area contributed by atoms with E-state index < -0.39 is 0 Å². The molecule has 1 aromatic heterocycles. The number of carbonyl (C=O) groups is 1. The zero-order chi connectivity index (χ0) is 17.6. The monoisotopic (exact) mass is 360 g/mol. The fourth-order valence-electron chi connectivity index (χ4n) is 2.95. The molecule has 0 unspecified atom stereocenters. The normalized spacial score (nSPS) is 17.7. The highest BCUT2D eigenvalue weighted by Crippen LogP contribution is 2.24. The van der Waals surface area contributed by atoms with Crippen LogP contribution in [0.1, 0.15) is 17.7 Å². The molecule has 1 aliphatic rings. The number of aromatic nitrogens is 1. The minimum absolute atomic E-state index is 0.0939. The SMILES string of the molecule is COCC[C@@H]1COCCN1C(=O)Cc1csc(-c2ccc(C)cc2)n1. The van der Waals surface area contributed by atoms with Gasteiger partial charge >= 0.3 is 0 Å². The predicted molar refractivity (Wildman–Crippen MR) is 98.8 cm³/mol. The molecule has 0 bridgehead atoms. The van der Waals surface area contributed by atoms with Crippen LogP contribution < -0.4 is 0 Å². The van der Waals surface area contributed by atoms with Crippen LogP contribution in [0.2, 0.25) is 0 Å². The van der Waals surface area contributed by atoms with Crippen LogP contribution in [0.15, 0.2) is 29.6 Å². The molecule has 0 aliphatic carbocycles. The summed E-state index contributed by atoms with van der Waals surface area (Å²) in [6.45, 7) is 4.52. The minimum atomic E-state index is 0.0939. The van der Waals surface area contributed by atoms with Gasteiger partial charge in [0.15, 0.2) is 0 Å². The zero-order valence-corrected chi connectivity index (χ0v) is 15.6. The quantitative estimate of drug-likeness (QED) is 0.795. The van der Waals surface area contributed by atoms with E-state index in [1.54, 1.807) is 18.4 Å². The molecule has 0 N–H and O–H groups in total. The van der Waals surface area contributed by atoms with Gasteiger partial charge in [0.2, 0.25) is 5.91 Å². The molecule has 1 fully saturated rings. The minimum Gasteiger partial charge on any atom is -0.385 e. The first-order valence-corrected chi connectivity index (χ1v) is 9.43. The molecule has 0 radical (unpaired) electrons. The lowest BCUT2D eigenvalue weighted by molar-refractivity contribution is -0.139. The number of hydrogen-bond acceptors (Lipinski definition) is 5. The Hall–Kier alpha value is -1.76. The second-order valence-electron chi connectivity index (χ2n) is 6.28. The van der Waals surface area contributed by atoms with Crippen LogP contribution in [0.25, 0.3) is 10.6 Å². The van der Waals surface area contributed by atoms with Gasteiger partial charge in [0.05, 0.1) is 31.4 Å². The van der Waals surface area contributed by atoms with E-state index in [1.807, 2.05) is 10.3 Å². The third kappa shape index (κ3) is 4.66. The number of carbonyl (C=O) groups excluding carboxylic acids is 1. The first kappa shape index (κ1) is 18.0. The summed E-state index contributed by atoms with van der Waals surface area (Å²) in [5.74, 6) is 0.116. The Morgan fingerprint density at radius 3 is 2.96 bits per heavy atom. The van der Waals surface area contributed by atoms with Crippen LogP contribution >= 0.6 is 11.3 Å². The fourth-order valence-corrected chi connectivity index (χ4v) is 3.78. The summed E-state index contributed by atoms with van der Waals surface area (Å²) >= 11 is 1.59. The first-order valence-electron chi connectivity index (χ1n) is 8.55. The standard InChI is InChI=1S/C19H24N2O3S/c1-14-3-5-15(6-4-14)19-20-16(13-25-19)11-18(22)21-8-10-24-12-17(21)7-9-23-2/h3-6,13,17H,7-12H2,1-2H3/t17-/m1/s1. The van der Waals surface area contributed by atoms with Gasteiger partial charge in [-0.2, -0.15) is 0 Å². The number of thiazole rings is 1. The van der Waals surface area contributed by atoms with E-state index in [2.05, 4.69) is 36.2 Å². The van der Waals surface area contributed by atoms with E-state index in [0.29, 0.717) is 32.8 Å². The van der Waals surface area contributed by atoms with Crippen molar-refractivity contribution >= 4 is 17.2 Å². The Labute approximate surface area is 152 Å². The molecular formula is C19H24N2O3S. The third-order valence-electron chi connectivity index (χ3n) is 4.39. The molecule has 5 nitrogen and oxygen atoms in total. The average Bonchev–Trinajstić information content (AvgIpc) is 3.09. The molecule has 1 aliphatic heterocycles. The van der Waals surface area contributed by atoms with Gasteiger partial charge in [0.1, 0.15) is 5.01 Å². The molecular weight excluding hydrogens is 336 g/mol. The summed E-state index contributed by atoms with van der Waals surface area (Å²) in [6.07, 6.45) is 1.14. The van der Waals surface area contributed by atoms with Crippen molar-refractivity contribution in [3.8, 4) is 10.6 Å². The maximum Gasteiger partial charge on any atom is 0.229 e. The highest BCUT2D eigenvalue weighted by molar-refractivity contribution is 7.13. The van der Waals surface area contributed by atoms with Crippen molar-refractivity contribution in [2.75, 3.05) is 33.5 Å². The number of ether oxygens (including phenoxy) is 2. The van der Waals surface area contributed by atoms with Crippen molar-refractivity contribution < 1.29 is 14.3 Å². The smallest absolute Gasteiger partial charge is 0.229 e. The van der Waals surface area contributed by atoms with Crippen molar-refractivity contribution in [3.05, 3.63) is 40.9 Å². The fraction of sp³-hybridized carbons (Fsp3) is 0.474. The number of methoxy groups -OCH3 is 1. The Bertz CT molecular complexity index is 699. The Morgan fingerprint density at radius 2 is 2.20 bits per heavy atom. The van der Waals surface area contributed by atoms with Gasteiger partial charge in [0.25, 0.3) is 0 Å². The van der Waals surface area contributed by atoms with E-state index in [0.717, 1.165) is 22.7 Å². The van der Waals surface area contributed by atoms with Crippen LogP contribution in [0.4, 0.5) is 0 Å². The second kappa shape index (κ2) is 8.56. The van der Waals surface area contributed by atoms with E-state index >= 15 is 0 Å². The molecule has 1 aromatic carbocycles. The molecule has 25 heavy (non-hydrogen) atoms. The molecule has 1 atom stereocenters. The van der Waals surface area contributed by atoms with Gasteiger partial charge < -0.3 is 14.4 Å². The number of amides is 1. The lowest BCUT2D eigenvalue weighted by atomic mass is 10.1. The Kier molecular flexibility index (Phi) is 6.18. The summed E-state index contributed by atoms with van der Waals surface area (Å²) in [4.78, 5) is 19.3. The van der Waals surface area contributed by atoms with Crippen molar-refractivity contribution in [1.82, 2.24) is 9.88 Å². The molecule has 2 heterocycles. The number of rotatable bonds is 6. The number of aryl methyl sites for hydroxylation is 1. The maximum atomic E-state index is 12.7. The average molecular weight is 360 g/mol. The highest BCUT2D eigenvalue weighted by atomic mass is 32.1. The lowest BCUT2D eigenvalue weighted by Crippen LogP contribution is -2.49. The molecule has 1 amide bonds. The van der Waals surface area contributed by atoms with Gasteiger partial charge in [-0.3, -0.25) is 4.79 Å². The van der Waals surface area contributed by atoms with Crippen molar-refractivity contribution in [3.63, 3.8) is 0 Å². The summed E-state index contributed by atoms with van der Waals surface area (Å²) in [7, 11) is 1.68. The number of morpholine rings is 1. The van der Waals surface area contributed by atoms with Crippen molar-refractivity contribution in [2.24, 2.45) is 0 Å². The third-order valence-corrected chi connectivity index (χ3v) is 5.33. The summed E-state index contributed by atoms with van der Waals surface area (Å²) in [5, 5.41) is 2.94. The zero-order valence-electron chi connectivity index (χ0n) is 14.7. The van der Waals surface area contributed by atoms with Crippen molar-refractivity contribution in [1.29, 1.82) is 0 Å². The van der Waals surface area contributed by atoms with Gasteiger partial charge in [0, 0.05) is 31.2 Å². The first-order chi connectivity index (χ1) is 12.2. The topological polar surface area (TPSA) is 51.7 Å². The van der Waals surface area contributed by atoms with Crippen LogP contribution in [0.3, 0.4) is 0 Å².